The quantitative estimate of drug-likeness (QED) is 0.798. The molecule has 0 bridgehead atoms. The summed E-state index contributed by atoms with van der Waals surface area (Å²) in [6.45, 7) is 2.47. The van der Waals surface area contributed by atoms with Gasteiger partial charge in [-0.1, -0.05) is 12.5 Å². The summed E-state index contributed by atoms with van der Waals surface area (Å²) in [6, 6.07) is 8.07. The second kappa shape index (κ2) is 8.07. The van der Waals surface area contributed by atoms with Crippen molar-refractivity contribution in [1.29, 1.82) is 5.26 Å². The van der Waals surface area contributed by atoms with Crippen molar-refractivity contribution in [2.45, 2.75) is 50.8 Å². The van der Waals surface area contributed by atoms with Gasteiger partial charge in [-0.2, -0.15) is 5.26 Å². The molecule has 142 valence electrons. The van der Waals surface area contributed by atoms with Gasteiger partial charge in [0.25, 0.3) is 0 Å². The maximum atomic E-state index is 9.33. The standard InChI is InChI=1S/C20H24N4O3/c1-25-17-8-7-14(11-15(17)12-21)13-24-9-3-2-5-16(24)19-22-23-20(27-19)18-6-4-10-26-18/h7-8,11,16,18H,2-6,9-10,13H2,1H3/t16-,18-/m1/s1. The van der Waals surface area contributed by atoms with E-state index in [2.05, 4.69) is 21.2 Å². The van der Waals surface area contributed by atoms with Crippen molar-refractivity contribution in [2.75, 3.05) is 20.3 Å². The molecule has 7 nitrogen and oxygen atoms in total. The van der Waals surface area contributed by atoms with Gasteiger partial charge in [0, 0.05) is 13.2 Å². The summed E-state index contributed by atoms with van der Waals surface area (Å²) in [4.78, 5) is 2.36. The second-order valence-corrected chi connectivity index (χ2v) is 7.11. The predicted octanol–water partition coefficient (Wildman–Crippen LogP) is 3.53. The van der Waals surface area contributed by atoms with Gasteiger partial charge in [0.15, 0.2) is 0 Å². The molecule has 3 heterocycles. The van der Waals surface area contributed by atoms with Crippen molar-refractivity contribution in [3.05, 3.63) is 41.1 Å². The van der Waals surface area contributed by atoms with E-state index in [-0.39, 0.29) is 12.1 Å². The molecule has 1 aromatic carbocycles. The van der Waals surface area contributed by atoms with E-state index < -0.39 is 0 Å². The van der Waals surface area contributed by atoms with Gasteiger partial charge in [-0.25, -0.2) is 0 Å². The molecule has 2 aromatic rings. The van der Waals surface area contributed by atoms with Crippen molar-refractivity contribution in [3.8, 4) is 11.8 Å². The molecule has 27 heavy (non-hydrogen) atoms. The van der Waals surface area contributed by atoms with Crippen molar-refractivity contribution in [2.24, 2.45) is 0 Å². The van der Waals surface area contributed by atoms with Crippen LogP contribution in [0.25, 0.3) is 0 Å². The van der Waals surface area contributed by atoms with Gasteiger partial charge >= 0.3 is 0 Å². The van der Waals surface area contributed by atoms with Gasteiger partial charge in [-0.15, -0.1) is 10.2 Å². The molecule has 0 N–H and O–H groups in total. The molecule has 0 aliphatic carbocycles. The molecule has 2 aliphatic heterocycles. The smallest absolute Gasteiger partial charge is 0.245 e. The van der Waals surface area contributed by atoms with Crippen LogP contribution in [0.1, 0.15) is 67.2 Å². The van der Waals surface area contributed by atoms with Gasteiger partial charge in [0.05, 0.1) is 18.7 Å². The van der Waals surface area contributed by atoms with Crippen LogP contribution in [-0.2, 0) is 11.3 Å². The molecule has 0 spiro atoms. The minimum atomic E-state index is -0.0527. The molecule has 1 aromatic heterocycles. The zero-order chi connectivity index (χ0) is 18.6. The fourth-order valence-corrected chi connectivity index (χ4v) is 3.92. The maximum Gasteiger partial charge on any atom is 0.245 e. The van der Waals surface area contributed by atoms with E-state index in [0.29, 0.717) is 23.1 Å². The molecule has 7 heteroatoms. The fraction of sp³-hybridized carbons (Fsp3) is 0.550. The molecule has 0 unspecified atom stereocenters. The number of piperidine rings is 1. The number of hydrogen-bond donors (Lipinski definition) is 0. The molecule has 2 atom stereocenters. The number of rotatable bonds is 5. The van der Waals surface area contributed by atoms with E-state index in [1.165, 1.54) is 0 Å². The third-order valence-electron chi connectivity index (χ3n) is 5.33. The lowest BCUT2D eigenvalue weighted by Gasteiger charge is -2.33. The fourth-order valence-electron chi connectivity index (χ4n) is 3.92. The summed E-state index contributed by atoms with van der Waals surface area (Å²) in [5.41, 5.74) is 1.64. The highest BCUT2D eigenvalue weighted by Gasteiger charge is 2.31. The Morgan fingerprint density at radius 2 is 2.11 bits per heavy atom. The largest absolute Gasteiger partial charge is 0.495 e. The Balaban J connectivity index is 1.52. The molecular formula is C20H24N4O3. The normalized spacial score (nSPS) is 23.3. The lowest BCUT2D eigenvalue weighted by atomic mass is 10.0. The van der Waals surface area contributed by atoms with Crippen molar-refractivity contribution in [1.82, 2.24) is 15.1 Å². The number of nitriles is 1. The number of likely N-dealkylation sites (tertiary alicyclic amines) is 1. The monoisotopic (exact) mass is 368 g/mol. The van der Waals surface area contributed by atoms with E-state index in [1.807, 2.05) is 18.2 Å². The maximum absolute atomic E-state index is 9.33. The first kappa shape index (κ1) is 18.0. The minimum Gasteiger partial charge on any atom is -0.495 e. The van der Waals surface area contributed by atoms with Gasteiger partial charge in [-0.05, 0) is 49.9 Å². The number of aromatic nitrogens is 2. The first-order chi connectivity index (χ1) is 13.3. The van der Waals surface area contributed by atoms with Crippen LogP contribution in [0.2, 0.25) is 0 Å². The molecule has 2 saturated heterocycles. The molecule has 0 amide bonds. The molecule has 4 rings (SSSR count). The van der Waals surface area contributed by atoms with Crippen molar-refractivity contribution < 1.29 is 13.9 Å². The second-order valence-electron chi connectivity index (χ2n) is 7.11. The van der Waals surface area contributed by atoms with E-state index >= 15 is 0 Å². The Hall–Kier alpha value is -2.43. The van der Waals surface area contributed by atoms with Crippen molar-refractivity contribution >= 4 is 0 Å². The lowest BCUT2D eigenvalue weighted by Crippen LogP contribution is -2.33. The average molecular weight is 368 g/mol. The number of methoxy groups -OCH3 is 1. The minimum absolute atomic E-state index is 0.0527. The Morgan fingerprint density at radius 3 is 2.89 bits per heavy atom. The Kier molecular flexibility index (Phi) is 5.37. The van der Waals surface area contributed by atoms with Crippen LogP contribution in [-0.4, -0.2) is 35.4 Å². The first-order valence-corrected chi connectivity index (χ1v) is 9.54. The highest BCUT2D eigenvalue weighted by atomic mass is 16.5. The zero-order valence-corrected chi connectivity index (χ0v) is 15.6. The lowest BCUT2D eigenvalue weighted by molar-refractivity contribution is 0.0795. The summed E-state index contributed by atoms with van der Waals surface area (Å²) < 4.78 is 16.9. The Labute approximate surface area is 158 Å². The van der Waals surface area contributed by atoms with Crippen molar-refractivity contribution in [3.63, 3.8) is 0 Å². The Bertz CT molecular complexity index is 823. The van der Waals surface area contributed by atoms with E-state index in [1.54, 1.807) is 7.11 Å². The summed E-state index contributed by atoms with van der Waals surface area (Å²) in [6.07, 6.45) is 5.21. The van der Waals surface area contributed by atoms with Crippen LogP contribution in [0.15, 0.2) is 22.6 Å². The van der Waals surface area contributed by atoms with E-state index in [9.17, 15) is 5.26 Å². The van der Waals surface area contributed by atoms with Crippen LogP contribution in [0.3, 0.4) is 0 Å². The molecule has 0 saturated carbocycles. The summed E-state index contributed by atoms with van der Waals surface area (Å²) in [5, 5.41) is 17.9. The van der Waals surface area contributed by atoms with Crippen LogP contribution < -0.4 is 4.74 Å². The van der Waals surface area contributed by atoms with Gasteiger partial charge < -0.3 is 13.9 Å². The number of hydrogen-bond acceptors (Lipinski definition) is 7. The van der Waals surface area contributed by atoms with E-state index in [4.69, 9.17) is 13.9 Å². The topological polar surface area (TPSA) is 84.4 Å². The van der Waals surface area contributed by atoms with E-state index in [0.717, 1.165) is 57.4 Å². The SMILES string of the molecule is COc1ccc(CN2CCCC[C@@H]2c2nnc([C@H]3CCCO3)o2)cc1C#N. The summed E-state index contributed by atoms with van der Waals surface area (Å²) in [7, 11) is 1.58. The zero-order valence-electron chi connectivity index (χ0n) is 15.6. The van der Waals surface area contributed by atoms with Crippen LogP contribution in [0, 0.1) is 11.3 Å². The third-order valence-corrected chi connectivity index (χ3v) is 5.33. The van der Waals surface area contributed by atoms with Crippen LogP contribution in [0.5, 0.6) is 5.75 Å². The number of nitrogens with zero attached hydrogens (tertiary/aromatic N) is 4. The molecular weight excluding hydrogens is 344 g/mol. The van der Waals surface area contributed by atoms with Gasteiger partial charge in [0.2, 0.25) is 11.8 Å². The summed E-state index contributed by atoms with van der Waals surface area (Å²) >= 11 is 0. The molecule has 2 fully saturated rings. The third kappa shape index (κ3) is 3.82. The molecule has 0 radical (unpaired) electrons. The van der Waals surface area contributed by atoms with Crippen LogP contribution in [0.4, 0.5) is 0 Å². The first-order valence-electron chi connectivity index (χ1n) is 9.54. The van der Waals surface area contributed by atoms with Gasteiger partial charge in [0.1, 0.15) is 17.9 Å². The number of benzene rings is 1. The highest BCUT2D eigenvalue weighted by molar-refractivity contribution is 5.45. The summed E-state index contributed by atoms with van der Waals surface area (Å²) in [5.74, 6) is 1.88. The molecule has 2 aliphatic rings. The predicted molar refractivity (Wildman–Crippen MR) is 96.9 cm³/mol. The number of ether oxygens (including phenoxy) is 2. The van der Waals surface area contributed by atoms with Gasteiger partial charge in [-0.3, -0.25) is 4.90 Å². The van der Waals surface area contributed by atoms with Crippen LogP contribution >= 0.6 is 0 Å². The highest BCUT2D eigenvalue weighted by Crippen LogP contribution is 2.34. The average Bonchev–Trinajstić information content (AvgIpc) is 3.40. The Morgan fingerprint density at radius 1 is 1.22 bits per heavy atom.